The normalized spacial score (nSPS) is 11.2. The molecule has 2 aromatic carbocycles. The zero-order valence-electron chi connectivity index (χ0n) is 15.5. The third kappa shape index (κ3) is 5.59. The zero-order chi connectivity index (χ0) is 19.2. The molecular formula is C20H26N2O3S. The van der Waals surface area contributed by atoms with Gasteiger partial charge in [0, 0.05) is 17.8 Å². The number of rotatable bonds is 8. The Morgan fingerprint density at radius 3 is 2.35 bits per heavy atom. The number of hydrogen-bond acceptors (Lipinski definition) is 3. The van der Waals surface area contributed by atoms with Crippen LogP contribution in [0.1, 0.15) is 47.7 Å². The predicted octanol–water partition coefficient (Wildman–Crippen LogP) is 4.02. The maximum absolute atomic E-state index is 12.7. The van der Waals surface area contributed by atoms with Crippen LogP contribution in [0.3, 0.4) is 0 Å². The number of carbonyl (C=O) groups is 1. The fourth-order valence-corrected chi connectivity index (χ4v) is 3.82. The van der Waals surface area contributed by atoms with Gasteiger partial charge in [-0.1, -0.05) is 31.9 Å². The summed E-state index contributed by atoms with van der Waals surface area (Å²) in [4.78, 5) is 12.3. The molecule has 0 bridgehead atoms. The molecular weight excluding hydrogens is 348 g/mol. The van der Waals surface area contributed by atoms with E-state index in [0.29, 0.717) is 17.8 Å². The van der Waals surface area contributed by atoms with E-state index in [1.165, 1.54) is 12.1 Å². The summed E-state index contributed by atoms with van der Waals surface area (Å²) < 4.78 is 27.9. The van der Waals surface area contributed by atoms with Crippen molar-refractivity contribution < 1.29 is 13.2 Å². The number of benzene rings is 2. The van der Waals surface area contributed by atoms with Gasteiger partial charge in [0.2, 0.25) is 0 Å². The lowest BCUT2D eigenvalue weighted by atomic mass is 10.1. The lowest BCUT2D eigenvalue weighted by molar-refractivity contribution is 0.0952. The monoisotopic (exact) mass is 374 g/mol. The van der Waals surface area contributed by atoms with E-state index in [-0.39, 0.29) is 10.8 Å². The smallest absolute Gasteiger partial charge is 0.261 e. The molecule has 0 aliphatic heterocycles. The van der Waals surface area contributed by atoms with Crippen LogP contribution in [0.5, 0.6) is 0 Å². The second-order valence-corrected chi connectivity index (χ2v) is 8.16. The third-order valence-electron chi connectivity index (χ3n) is 3.95. The molecule has 1 amide bonds. The summed E-state index contributed by atoms with van der Waals surface area (Å²) in [7, 11) is -3.76. The van der Waals surface area contributed by atoms with Gasteiger partial charge in [0.05, 0.1) is 4.90 Å². The lowest BCUT2D eigenvalue weighted by Gasteiger charge is -2.11. The Morgan fingerprint density at radius 1 is 1.00 bits per heavy atom. The first-order valence-electron chi connectivity index (χ1n) is 8.81. The highest BCUT2D eigenvalue weighted by molar-refractivity contribution is 7.92. The van der Waals surface area contributed by atoms with E-state index >= 15 is 0 Å². The van der Waals surface area contributed by atoms with E-state index in [4.69, 9.17) is 0 Å². The van der Waals surface area contributed by atoms with Crippen LogP contribution >= 0.6 is 0 Å². The Hall–Kier alpha value is -2.34. The number of unbranched alkanes of at least 4 members (excludes halogenated alkanes) is 2. The first kappa shape index (κ1) is 20.0. The van der Waals surface area contributed by atoms with Gasteiger partial charge in [0.15, 0.2) is 0 Å². The van der Waals surface area contributed by atoms with Crippen molar-refractivity contribution in [1.29, 1.82) is 0 Å². The topological polar surface area (TPSA) is 75.3 Å². The molecule has 0 radical (unpaired) electrons. The molecule has 6 heteroatoms. The Morgan fingerprint density at radius 2 is 1.69 bits per heavy atom. The van der Waals surface area contributed by atoms with Crippen molar-refractivity contribution in [3.63, 3.8) is 0 Å². The Kier molecular flexibility index (Phi) is 6.80. The van der Waals surface area contributed by atoms with Crippen molar-refractivity contribution in [2.75, 3.05) is 11.3 Å². The van der Waals surface area contributed by atoms with E-state index in [1.54, 1.807) is 24.3 Å². The molecule has 0 saturated carbocycles. The number of anilines is 1. The minimum Gasteiger partial charge on any atom is -0.352 e. The maximum Gasteiger partial charge on any atom is 0.261 e. The standard InChI is InChI=1S/C20H26N2O3S/c1-4-5-6-10-21-20(23)17-8-7-9-19(14-17)26(24,25)22-18-12-15(2)11-16(3)13-18/h7-9,11-14,22H,4-6,10H2,1-3H3,(H,21,23). The van der Waals surface area contributed by atoms with Crippen LogP contribution in [0.2, 0.25) is 0 Å². The molecule has 0 spiro atoms. The highest BCUT2D eigenvalue weighted by Gasteiger charge is 2.16. The highest BCUT2D eigenvalue weighted by atomic mass is 32.2. The van der Waals surface area contributed by atoms with Gasteiger partial charge in [-0.2, -0.15) is 0 Å². The molecule has 0 fully saturated rings. The van der Waals surface area contributed by atoms with E-state index < -0.39 is 10.0 Å². The van der Waals surface area contributed by atoms with Crippen molar-refractivity contribution >= 4 is 21.6 Å². The number of hydrogen-bond donors (Lipinski definition) is 2. The van der Waals surface area contributed by atoms with Crippen LogP contribution in [0.15, 0.2) is 47.4 Å². The highest BCUT2D eigenvalue weighted by Crippen LogP contribution is 2.19. The van der Waals surface area contributed by atoms with Crippen LogP contribution in [0.25, 0.3) is 0 Å². The molecule has 0 aliphatic carbocycles. The molecule has 26 heavy (non-hydrogen) atoms. The molecule has 2 N–H and O–H groups in total. The van der Waals surface area contributed by atoms with Crippen molar-refractivity contribution in [2.24, 2.45) is 0 Å². The summed E-state index contributed by atoms with van der Waals surface area (Å²) in [6.07, 6.45) is 3.04. The molecule has 0 saturated heterocycles. The molecule has 2 aromatic rings. The summed E-state index contributed by atoms with van der Waals surface area (Å²) in [6.45, 7) is 6.51. The summed E-state index contributed by atoms with van der Waals surface area (Å²) in [6, 6.07) is 11.6. The zero-order valence-corrected chi connectivity index (χ0v) is 16.3. The van der Waals surface area contributed by atoms with E-state index in [1.807, 2.05) is 19.9 Å². The SMILES string of the molecule is CCCCCNC(=O)c1cccc(S(=O)(=O)Nc2cc(C)cc(C)c2)c1. The minimum atomic E-state index is -3.76. The van der Waals surface area contributed by atoms with Crippen LogP contribution in [0, 0.1) is 13.8 Å². The predicted molar refractivity (Wildman–Crippen MR) is 105 cm³/mol. The summed E-state index contributed by atoms with van der Waals surface area (Å²) in [5.41, 5.74) is 2.80. The van der Waals surface area contributed by atoms with Crippen LogP contribution in [0.4, 0.5) is 5.69 Å². The second kappa shape index (κ2) is 8.85. The number of carbonyl (C=O) groups excluding carboxylic acids is 1. The Labute approximate surface area is 155 Å². The van der Waals surface area contributed by atoms with Crippen molar-refractivity contribution in [2.45, 2.75) is 44.9 Å². The molecule has 140 valence electrons. The number of nitrogens with one attached hydrogen (secondary N) is 2. The molecule has 0 aromatic heterocycles. The molecule has 0 heterocycles. The summed E-state index contributed by atoms with van der Waals surface area (Å²) in [5.74, 6) is -0.260. The fourth-order valence-electron chi connectivity index (χ4n) is 2.73. The largest absolute Gasteiger partial charge is 0.352 e. The first-order chi connectivity index (χ1) is 12.3. The molecule has 0 aliphatic rings. The van der Waals surface area contributed by atoms with Gasteiger partial charge in [-0.05, 0) is 61.7 Å². The second-order valence-electron chi connectivity index (χ2n) is 6.47. The van der Waals surface area contributed by atoms with Crippen LogP contribution in [-0.2, 0) is 10.0 Å². The number of aryl methyl sites for hydroxylation is 2. The number of amides is 1. The van der Waals surface area contributed by atoms with Gasteiger partial charge in [-0.25, -0.2) is 8.42 Å². The third-order valence-corrected chi connectivity index (χ3v) is 5.33. The number of sulfonamides is 1. The van der Waals surface area contributed by atoms with Gasteiger partial charge < -0.3 is 5.32 Å². The fraction of sp³-hybridized carbons (Fsp3) is 0.350. The maximum atomic E-state index is 12.7. The van der Waals surface area contributed by atoms with Gasteiger partial charge in [0.25, 0.3) is 15.9 Å². The first-order valence-corrected chi connectivity index (χ1v) is 10.3. The average molecular weight is 375 g/mol. The van der Waals surface area contributed by atoms with Crippen molar-refractivity contribution in [1.82, 2.24) is 5.32 Å². The van der Waals surface area contributed by atoms with Gasteiger partial charge >= 0.3 is 0 Å². The Balaban J connectivity index is 2.15. The van der Waals surface area contributed by atoms with Gasteiger partial charge in [0.1, 0.15) is 0 Å². The molecule has 0 unspecified atom stereocenters. The summed E-state index contributed by atoms with van der Waals surface area (Å²) >= 11 is 0. The van der Waals surface area contributed by atoms with Gasteiger partial charge in [-0.3, -0.25) is 9.52 Å². The van der Waals surface area contributed by atoms with E-state index in [0.717, 1.165) is 30.4 Å². The van der Waals surface area contributed by atoms with E-state index in [2.05, 4.69) is 17.0 Å². The quantitative estimate of drug-likeness (QED) is 0.685. The van der Waals surface area contributed by atoms with Crippen LogP contribution in [-0.4, -0.2) is 20.9 Å². The minimum absolute atomic E-state index is 0.0675. The molecule has 2 rings (SSSR count). The average Bonchev–Trinajstić information content (AvgIpc) is 2.57. The van der Waals surface area contributed by atoms with Crippen molar-refractivity contribution in [3.05, 3.63) is 59.2 Å². The van der Waals surface area contributed by atoms with E-state index in [9.17, 15) is 13.2 Å². The summed E-state index contributed by atoms with van der Waals surface area (Å²) in [5, 5.41) is 2.82. The lowest BCUT2D eigenvalue weighted by Crippen LogP contribution is -2.24. The Bertz CT molecular complexity index is 856. The molecule has 5 nitrogen and oxygen atoms in total. The van der Waals surface area contributed by atoms with Crippen LogP contribution < -0.4 is 10.0 Å². The molecule has 0 atom stereocenters. The van der Waals surface area contributed by atoms with Crippen molar-refractivity contribution in [3.8, 4) is 0 Å². The van der Waals surface area contributed by atoms with Gasteiger partial charge in [-0.15, -0.1) is 0 Å².